The van der Waals surface area contributed by atoms with Crippen molar-refractivity contribution in [1.29, 1.82) is 0 Å². The molecule has 1 heterocycles. The van der Waals surface area contributed by atoms with Crippen molar-refractivity contribution in [3.63, 3.8) is 0 Å². The Hall–Kier alpha value is -2.31. The Morgan fingerprint density at radius 3 is 2.46 bits per heavy atom. The fourth-order valence-electron chi connectivity index (χ4n) is 3.38. The quantitative estimate of drug-likeness (QED) is 0.767. The van der Waals surface area contributed by atoms with Crippen molar-refractivity contribution in [3.8, 4) is 11.3 Å². The van der Waals surface area contributed by atoms with Gasteiger partial charge in [-0.15, -0.1) is 0 Å². The predicted molar refractivity (Wildman–Crippen MR) is 93.6 cm³/mol. The zero-order valence-corrected chi connectivity index (χ0v) is 14.6. The van der Waals surface area contributed by atoms with Gasteiger partial charge >= 0.3 is 6.18 Å². The number of halogens is 3. The highest BCUT2D eigenvalue weighted by Gasteiger charge is 2.30. The third-order valence-electron chi connectivity index (χ3n) is 4.80. The van der Waals surface area contributed by atoms with Gasteiger partial charge in [-0.3, -0.25) is 9.89 Å². The number of aryl methyl sites for hydroxylation is 1. The van der Waals surface area contributed by atoms with Crippen LogP contribution >= 0.6 is 0 Å². The van der Waals surface area contributed by atoms with E-state index in [9.17, 15) is 18.0 Å². The molecule has 0 atom stereocenters. The first-order valence-electron chi connectivity index (χ1n) is 8.96. The molecule has 2 aromatic rings. The van der Waals surface area contributed by atoms with E-state index in [1.54, 1.807) is 0 Å². The molecular weight excluding hydrogens is 343 g/mol. The van der Waals surface area contributed by atoms with Crippen LogP contribution in [-0.2, 0) is 17.4 Å². The second-order valence-corrected chi connectivity index (χ2v) is 6.72. The van der Waals surface area contributed by atoms with Gasteiger partial charge in [0.1, 0.15) is 5.69 Å². The molecule has 1 saturated carbocycles. The zero-order chi connectivity index (χ0) is 18.7. The van der Waals surface area contributed by atoms with E-state index in [4.69, 9.17) is 0 Å². The highest BCUT2D eigenvalue weighted by atomic mass is 19.4. The third kappa shape index (κ3) is 3.92. The highest BCUT2D eigenvalue weighted by Crippen LogP contribution is 2.34. The zero-order valence-electron chi connectivity index (χ0n) is 14.6. The van der Waals surface area contributed by atoms with Crippen LogP contribution in [0.15, 0.2) is 24.3 Å². The van der Waals surface area contributed by atoms with Crippen molar-refractivity contribution in [2.24, 2.45) is 5.92 Å². The van der Waals surface area contributed by atoms with E-state index in [1.165, 1.54) is 12.1 Å². The molecule has 1 fully saturated rings. The number of nitrogens with one attached hydrogen (secondary N) is 2. The number of rotatable bonds is 5. The molecule has 0 saturated heterocycles. The second kappa shape index (κ2) is 7.51. The number of H-pyrrole nitrogens is 1. The Morgan fingerprint density at radius 1 is 1.23 bits per heavy atom. The number of alkyl halides is 3. The molecule has 1 aromatic carbocycles. The summed E-state index contributed by atoms with van der Waals surface area (Å²) >= 11 is 0. The van der Waals surface area contributed by atoms with Crippen molar-refractivity contribution in [2.45, 2.75) is 51.6 Å². The van der Waals surface area contributed by atoms with Crippen molar-refractivity contribution < 1.29 is 18.0 Å². The molecule has 140 valence electrons. The lowest BCUT2D eigenvalue weighted by Crippen LogP contribution is -2.21. The van der Waals surface area contributed by atoms with E-state index in [1.807, 2.05) is 6.92 Å². The average Bonchev–Trinajstić information content (AvgIpc) is 3.25. The molecule has 0 spiro atoms. The minimum Gasteiger partial charge on any atom is -0.322 e. The summed E-state index contributed by atoms with van der Waals surface area (Å²) < 4.78 is 38.3. The molecule has 0 radical (unpaired) electrons. The standard InChI is InChI=1S/C19H22F3N3O/c1-2-5-15-17(23-18(26)13-6-3-4-7-13)16(25-24-15)12-8-10-14(11-9-12)19(20,21)22/h8-11,13H,2-7H2,1H3,(H,23,26)(H,24,25). The van der Waals surface area contributed by atoms with Gasteiger partial charge in [0.05, 0.1) is 16.9 Å². The maximum atomic E-state index is 12.8. The largest absolute Gasteiger partial charge is 0.416 e. The van der Waals surface area contributed by atoms with Gasteiger partial charge in [-0.25, -0.2) is 0 Å². The van der Waals surface area contributed by atoms with Crippen LogP contribution in [0.5, 0.6) is 0 Å². The fraction of sp³-hybridized carbons (Fsp3) is 0.474. The minimum atomic E-state index is -4.38. The van der Waals surface area contributed by atoms with Gasteiger partial charge in [-0.1, -0.05) is 38.3 Å². The monoisotopic (exact) mass is 365 g/mol. The molecule has 2 N–H and O–H groups in total. The number of carbonyl (C=O) groups excluding carboxylic acids is 1. The first-order valence-corrected chi connectivity index (χ1v) is 8.96. The molecule has 1 aromatic heterocycles. The summed E-state index contributed by atoms with van der Waals surface area (Å²) in [5.41, 5.74) is 1.70. The predicted octanol–water partition coefficient (Wildman–Crippen LogP) is 5.18. The van der Waals surface area contributed by atoms with Gasteiger partial charge in [-0.2, -0.15) is 18.3 Å². The smallest absolute Gasteiger partial charge is 0.322 e. The van der Waals surface area contributed by atoms with Crippen LogP contribution in [0.2, 0.25) is 0 Å². The molecule has 0 aliphatic heterocycles. The Labute approximate surface area is 150 Å². The third-order valence-corrected chi connectivity index (χ3v) is 4.80. The maximum absolute atomic E-state index is 12.8. The van der Waals surface area contributed by atoms with Gasteiger partial charge < -0.3 is 5.32 Å². The molecule has 0 bridgehead atoms. The van der Waals surface area contributed by atoms with Crippen LogP contribution in [0.25, 0.3) is 11.3 Å². The summed E-state index contributed by atoms with van der Waals surface area (Å²) in [5, 5.41) is 10.2. The number of benzene rings is 1. The van der Waals surface area contributed by atoms with Gasteiger partial charge in [0.15, 0.2) is 0 Å². The Balaban J connectivity index is 1.90. The summed E-state index contributed by atoms with van der Waals surface area (Å²) in [6.07, 6.45) is 1.05. The van der Waals surface area contributed by atoms with Crippen molar-refractivity contribution >= 4 is 11.6 Å². The lowest BCUT2D eigenvalue weighted by molar-refractivity contribution is -0.137. The molecule has 1 aliphatic carbocycles. The number of carbonyl (C=O) groups is 1. The fourth-order valence-corrected chi connectivity index (χ4v) is 3.38. The topological polar surface area (TPSA) is 57.8 Å². The van der Waals surface area contributed by atoms with E-state index in [2.05, 4.69) is 15.5 Å². The second-order valence-electron chi connectivity index (χ2n) is 6.72. The SMILES string of the molecule is CCCc1[nH]nc(-c2ccc(C(F)(F)F)cc2)c1NC(=O)C1CCCC1. The summed E-state index contributed by atoms with van der Waals surface area (Å²) in [7, 11) is 0. The molecule has 1 amide bonds. The van der Waals surface area contributed by atoms with Gasteiger partial charge in [-0.05, 0) is 31.4 Å². The number of amides is 1. The number of aromatic amines is 1. The number of aromatic nitrogens is 2. The van der Waals surface area contributed by atoms with Gasteiger partial charge in [0, 0.05) is 11.5 Å². The van der Waals surface area contributed by atoms with Crippen molar-refractivity contribution in [2.75, 3.05) is 5.32 Å². The normalized spacial score (nSPS) is 15.4. The van der Waals surface area contributed by atoms with E-state index >= 15 is 0 Å². The van der Waals surface area contributed by atoms with Crippen LogP contribution < -0.4 is 5.32 Å². The lowest BCUT2D eigenvalue weighted by atomic mass is 10.0. The summed E-state index contributed by atoms with van der Waals surface area (Å²) in [6.45, 7) is 2.02. The molecular formula is C19H22F3N3O. The molecule has 7 heteroatoms. The van der Waals surface area contributed by atoms with Gasteiger partial charge in [0.2, 0.25) is 5.91 Å². The minimum absolute atomic E-state index is 0.000156. The van der Waals surface area contributed by atoms with Crippen molar-refractivity contribution in [3.05, 3.63) is 35.5 Å². The number of hydrogen-bond acceptors (Lipinski definition) is 2. The molecule has 4 nitrogen and oxygen atoms in total. The number of nitrogens with zero attached hydrogens (tertiary/aromatic N) is 1. The van der Waals surface area contributed by atoms with E-state index in [0.29, 0.717) is 23.4 Å². The number of anilines is 1. The van der Waals surface area contributed by atoms with E-state index < -0.39 is 11.7 Å². The van der Waals surface area contributed by atoms with E-state index in [-0.39, 0.29) is 11.8 Å². The molecule has 0 unspecified atom stereocenters. The summed E-state index contributed by atoms with van der Waals surface area (Å²) in [6, 6.07) is 4.85. The first-order chi connectivity index (χ1) is 12.4. The van der Waals surface area contributed by atoms with E-state index in [0.717, 1.165) is 49.9 Å². The van der Waals surface area contributed by atoms with Crippen LogP contribution in [0.4, 0.5) is 18.9 Å². The highest BCUT2D eigenvalue weighted by molar-refractivity contribution is 5.97. The van der Waals surface area contributed by atoms with Gasteiger partial charge in [0.25, 0.3) is 0 Å². The molecule has 3 rings (SSSR count). The van der Waals surface area contributed by atoms with Crippen LogP contribution in [0, 0.1) is 5.92 Å². The maximum Gasteiger partial charge on any atom is 0.416 e. The van der Waals surface area contributed by atoms with Crippen LogP contribution in [0.1, 0.15) is 50.3 Å². The van der Waals surface area contributed by atoms with Crippen molar-refractivity contribution in [1.82, 2.24) is 10.2 Å². The Bertz CT molecular complexity index is 759. The number of hydrogen-bond donors (Lipinski definition) is 2. The summed E-state index contributed by atoms with van der Waals surface area (Å²) in [4.78, 5) is 12.5. The first kappa shape index (κ1) is 18.5. The average molecular weight is 365 g/mol. The lowest BCUT2D eigenvalue weighted by Gasteiger charge is -2.13. The molecule has 26 heavy (non-hydrogen) atoms. The molecule has 1 aliphatic rings. The van der Waals surface area contributed by atoms with Crippen LogP contribution in [-0.4, -0.2) is 16.1 Å². The van der Waals surface area contributed by atoms with Crippen LogP contribution in [0.3, 0.4) is 0 Å². The summed E-state index contributed by atoms with van der Waals surface area (Å²) in [5.74, 6) is -0.0331. The Morgan fingerprint density at radius 2 is 1.88 bits per heavy atom. The Kier molecular flexibility index (Phi) is 5.34.